The summed E-state index contributed by atoms with van der Waals surface area (Å²) in [6.45, 7) is 1.12. The average Bonchev–Trinajstić information content (AvgIpc) is 2.40. The number of hydrogen-bond acceptors (Lipinski definition) is 4. The fourth-order valence-electron chi connectivity index (χ4n) is 1.77. The second-order valence-electron chi connectivity index (χ2n) is 4.10. The Labute approximate surface area is 100 Å². The standard InChI is InChI=1S/C12H17N3O2/c13-7-9-4-5-11(14-8-9)15-12(16)10-3-1-2-6-17-10/h4-5,8,10H,1-3,6-7,13H2,(H,14,15,16). The molecule has 1 atom stereocenters. The number of nitrogens with zero attached hydrogens (tertiary/aromatic N) is 1. The molecule has 1 unspecified atom stereocenters. The van der Waals surface area contributed by atoms with Gasteiger partial charge in [-0.25, -0.2) is 4.98 Å². The van der Waals surface area contributed by atoms with E-state index in [2.05, 4.69) is 10.3 Å². The summed E-state index contributed by atoms with van der Waals surface area (Å²) < 4.78 is 5.40. The van der Waals surface area contributed by atoms with Crippen molar-refractivity contribution >= 4 is 11.7 Å². The van der Waals surface area contributed by atoms with Gasteiger partial charge in [-0.2, -0.15) is 0 Å². The molecule has 1 amide bonds. The first-order valence-corrected chi connectivity index (χ1v) is 5.87. The predicted octanol–water partition coefficient (Wildman–Crippen LogP) is 1.05. The maximum absolute atomic E-state index is 11.8. The minimum absolute atomic E-state index is 0.113. The molecule has 5 nitrogen and oxygen atoms in total. The van der Waals surface area contributed by atoms with Gasteiger partial charge in [-0.05, 0) is 30.9 Å². The van der Waals surface area contributed by atoms with Gasteiger partial charge in [0.15, 0.2) is 0 Å². The molecule has 0 spiro atoms. The third kappa shape index (κ3) is 3.25. The molecule has 1 aliphatic rings. The Hall–Kier alpha value is -1.46. The van der Waals surface area contributed by atoms with Gasteiger partial charge in [0, 0.05) is 19.3 Å². The highest BCUT2D eigenvalue weighted by Gasteiger charge is 2.21. The van der Waals surface area contributed by atoms with Crippen molar-refractivity contribution in [3.05, 3.63) is 23.9 Å². The van der Waals surface area contributed by atoms with E-state index in [1.54, 1.807) is 12.3 Å². The zero-order valence-corrected chi connectivity index (χ0v) is 9.69. The monoisotopic (exact) mass is 235 g/mol. The first-order chi connectivity index (χ1) is 8.29. The lowest BCUT2D eigenvalue weighted by molar-refractivity contribution is -0.130. The number of carbonyl (C=O) groups excluding carboxylic acids is 1. The van der Waals surface area contributed by atoms with E-state index in [1.807, 2.05) is 6.07 Å². The highest BCUT2D eigenvalue weighted by Crippen LogP contribution is 2.14. The number of rotatable bonds is 3. The summed E-state index contributed by atoms with van der Waals surface area (Å²) >= 11 is 0. The lowest BCUT2D eigenvalue weighted by Crippen LogP contribution is -2.33. The average molecular weight is 235 g/mol. The smallest absolute Gasteiger partial charge is 0.254 e. The molecule has 2 heterocycles. The fourth-order valence-corrected chi connectivity index (χ4v) is 1.77. The first kappa shape index (κ1) is 12.0. The van der Waals surface area contributed by atoms with Crippen molar-refractivity contribution in [1.82, 2.24) is 4.98 Å². The largest absolute Gasteiger partial charge is 0.368 e. The van der Waals surface area contributed by atoms with E-state index in [-0.39, 0.29) is 12.0 Å². The number of hydrogen-bond donors (Lipinski definition) is 2. The third-order valence-electron chi connectivity index (χ3n) is 2.78. The SMILES string of the molecule is NCc1ccc(NC(=O)C2CCCCO2)nc1. The fraction of sp³-hybridized carbons (Fsp3) is 0.500. The first-order valence-electron chi connectivity index (χ1n) is 5.87. The van der Waals surface area contributed by atoms with Crippen LogP contribution in [0, 0.1) is 0 Å². The van der Waals surface area contributed by atoms with Crippen LogP contribution in [0.4, 0.5) is 5.82 Å². The van der Waals surface area contributed by atoms with E-state index in [9.17, 15) is 4.79 Å². The summed E-state index contributed by atoms with van der Waals surface area (Å²) in [4.78, 5) is 15.9. The van der Waals surface area contributed by atoms with E-state index >= 15 is 0 Å². The Kier molecular flexibility index (Phi) is 4.06. The summed E-state index contributed by atoms with van der Waals surface area (Å²) in [5, 5.41) is 2.75. The van der Waals surface area contributed by atoms with Crippen molar-refractivity contribution in [2.75, 3.05) is 11.9 Å². The van der Waals surface area contributed by atoms with Crippen LogP contribution >= 0.6 is 0 Å². The number of anilines is 1. The van der Waals surface area contributed by atoms with Crippen molar-refractivity contribution in [3.8, 4) is 0 Å². The maximum Gasteiger partial charge on any atom is 0.254 e. The molecule has 0 aromatic carbocycles. The molecule has 92 valence electrons. The van der Waals surface area contributed by atoms with E-state index in [0.29, 0.717) is 19.0 Å². The Morgan fingerprint density at radius 1 is 1.53 bits per heavy atom. The second kappa shape index (κ2) is 5.75. The molecule has 0 radical (unpaired) electrons. The van der Waals surface area contributed by atoms with Gasteiger partial charge in [-0.3, -0.25) is 4.79 Å². The van der Waals surface area contributed by atoms with Crippen molar-refractivity contribution in [1.29, 1.82) is 0 Å². The minimum atomic E-state index is -0.334. The molecule has 0 bridgehead atoms. The molecule has 1 saturated heterocycles. The maximum atomic E-state index is 11.8. The van der Waals surface area contributed by atoms with E-state index < -0.39 is 0 Å². The van der Waals surface area contributed by atoms with Crippen molar-refractivity contribution < 1.29 is 9.53 Å². The van der Waals surface area contributed by atoms with Gasteiger partial charge < -0.3 is 15.8 Å². The van der Waals surface area contributed by atoms with Crippen LogP contribution in [0.2, 0.25) is 0 Å². The summed E-state index contributed by atoms with van der Waals surface area (Å²) in [7, 11) is 0. The van der Waals surface area contributed by atoms with E-state index in [4.69, 9.17) is 10.5 Å². The number of aromatic nitrogens is 1. The molecular formula is C12H17N3O2. The normalized spacial score (nSPS) is 19.9. The number of pyridine rings is 1. The van der Waals surface area contributed by atoms with Gasteiger partial charge >= 0.3 is 0 Å². The summed E-state index contributed by atoms with van der Waals surface area (Å²) in [6.07, 6.45) is 4.19. The van der Waals surface area contributed by atoms with Gasteiger partial charge in [0.2, 0.25) is 0 Å². The van der Waals surface area contributed by atoms with Gasteiger partial charge in [-0.1, -0.05) is 6.07 Å². The molecule has 1 aliphatic heterocycles. The second-order valence-corrected chi connectivity index (χ2v) is 4.10. The molecule has 2 rings (SSSR count). The number of ether oxygens (including phenoxy) is 1. The molecule has 17 heavy (non-hydrogen) atoms. The van der Waals surface area contributed by atoms with Crippen molar-refractivity contribution in [2.45, 2.75) is 31.9 Å². The van der Waals surface area contributed by atoms with Crippen LogP contribution in [0.25, 0.3) is 0 Å². The molecule has 1 aromatic heterocycles. The Morgan fingerprint density at radius 2 is 2.41 bits per heavy atom. The zero-order chi connectivity index (χ0) is 12.1. The summed E-state index contributed by atoms with van der Waals surface area (Å²) in [5.41, 5.74) is 6.41. The van der Waals surface area contributed by atoms with Crippen molar-refractivity contribution in [3.63, 3.8) is 0 Å². The summed E-state index contributed by atoms with van der Waals surface area (Å²) in [6, 6.07) is 3.60. The number of amides is 1. The van der Waals surface area contributed by atoms with Gasteiger partial charge in [0.25, 0.3) is 5.91 Å². The molecule has 5 heteroatoms. The van der Waals surface area contributed by atoms with Gasteiger partial charge in [-0.15, -0.1) is 0 Å². The molecule has 0 saturated carbocycles. The predicted molar refractivity (Wildman–Crippen MR) is 64.3 cm³/mol. The Balaban J connectivity index is 1.92. The number of carbonyl (C=O) groups is 1. The number of nitrogens with two attached hydrogens (primary N) is 1. The quantitative estimate of drug-likeness (QED) is 0.820. The van der Waals surface area contributed by atoms with Crippen LogP contribution in [-0.2, 0) is 16.1 Å². The van der Waals surface area contributed by atoms with Gasteiger partial charge in [0.05, 0.1) is 0 Å². The molecule has 0 aliphatic carbocycles. The van der Waals surface area contributed by atoms with Crippen LogP contribution in [0.3, 0.4) is 0 Å². The molecular weight excluding hydrogens is 218 g/mol. The number of nitrogens with one attached hydrogen (secondary N) is 1. The molecule has 1 fully saturated rings. The topological polar surface area (TPSA) is 77.2 Å². The van der Waals surface area contributed by atoms with E-state index in [1.165, 1.54) is 0 Å². The van der Waals surface area contributed by atoms with Crippen LogP contribution < -0.4 is 11.1 Å². The highest BCUT2D eigenvalue weighted by molar-refractivity contribution is 5.93. The van der Waals surface area contributed by atoms with E-state index in [0.717, 1.165) is 24.8 Å². The Bertz CT molecular complexity index is 372. The van der Waals surface area contributed by atoms with Crippen LogP contribution in [-0.4, -0.2) is 23.6 Å². The molecule has 1 aromatic rings. The van der Waals surface area contributed by atoms with Crippen LogP contribution in [0.15, 0.2) is 18.3 Å². The highest BCUT2D eigenvalue weighted by atomic mass is 16.5. The lowest BCUT2D eigenvalue weighted by Gasteiger charge is -2.21. The van der Waals surface area contributed by atoms with Crippen LogP contribution in [0.5, 0.6) is 0 Å². The summed E-state index contributed by atoms with van der Waals surface area (Å²) in [5.74, 6) is 0.430. The lowest BCUT2D eigenvalue weighted by atomic mass is 10.1. The Morgan fingerprint density at radius 3 is 3.00 bits per heavy atom. The van der Waals surface area contributed by atoms with Gasteiger partial charge in [0.1, 0.15) is 11.9 Å². The molecule has 3 N–H and O–H groups in total. The zero-order valence-electron chi connectivity index (χ0n) is 9.69. The van der Waals surface area contributed by atoms with Crippen molar-refractivity contribution in [2.24, 2.45) is 5.73 Å². The third-order valence-corrected chi connectivity index (χ3v) is 2.78. The minimum Gasteiger partial charge on any atom is -0.368 e. The van der Waals surface area contributed by atoms with Crippen LogP contribution in [0.1, 0.15) is 24.8 Å².